The first kappa shape index (κ1) is 14.5. The van der Waals surface area contributed by atoms with Gasteiger partial charge in [0, 0.05) is 5.69 Å². The van der Waals surface area contributed by atoms with Gasteiger partial charge in [-0.3, -0.25) is 9.59 Å². The lowest BCUT2D eigenvalue weighted by atomic mass is 9.79. The summed E-state index contributed by atoms with van der Waals surface area (Å²) < 4.78 is 0. The molecule has 108 valence electrons. The Morgan fingerprint density at radius 3 is 2.45 bits per heavy atom. The summed E-state index contributed by atoms with van der Waals surface area (Å²) in [6.07, 6.45) is 2.99. The van der Waals surface area contributed by atoms with Crippen LogP contribution in [0.3, 0.4) is 0 Å². The molecule has 0 aromatic carbocycles. The number of pyridine rings is 1. The molecular weight excluding hydrogens is 256 g/mol. The number of carboxylic acid groups (broad SMARTS) is 1. The number of carbonyl (C=O) groups excluding carboxylic acids is 1. The molecule has 2 unspecified atom stereocenters. The molecule has 1 fully saturated rings. The van der Waals surface area contributed by atoms with Crippen molar-refractivity contribution in [3.05, 3.63) is 23.4 Å². The Kier molecular flexibility index (Phi) is 4.37. The van der Waals surface area contributed by atoms with Crippen LogP contribution in [0.2, 0.25) is 0 Å². The molecule has 2 N–H and O–H groups in total. The fourth-order valence-electron chi connectivity index (χ4n) is 2.86. The van der Waals surface area contributed by atoms with E-state index in [-0.39, 0.29) is 5.91 Å². The molecule has 20 heavy (non-hydrogen) atoms. The molecule has 0 bridgehead atoms. The van der Waals surface area contributed by atoms with Crippen LogP contribution >= 0.6 is 0 Å². The van der Waals surface area contributed by atoms with Crippen LogP contribution in [0.4, 0.5) is 5.82 Å². The monoisotopic (exact) mass is 276 g/mol. The summed E-state index contributed by atoms with van der Waals surface area (Å²) in [6.45, 7) is 3.80. The summed E-state index contributed by atoms with van der Waals surface area (Å²) >= 11 is 0. The predicted octanol–water partition coefficient (Wildman–Crippen LogP) is 2.53. The summed E-state index contributed by atoms with van der Waals surface area (Å²) in [6, 6.07) is 3.72. The number of rotatable bonds is 3. The first-order chi connectivity index (χ1) is 9.47. The van der Waals surface area contributed by atoms with Gasteiger partial charge in [0.15, 0.2) is 0 Å². The molecule has 2 rings (SSSR count). The van der Waals surface area contributed by atoms with Gasteiger partial charge in [0.25, 0.3) is 0 Å². The van der Waals surface area contributed by atoms with E-state index in [0.29, 0.717) is 18.7 Å². The van der Waals surface area contributed by atoms with Crippen LogP contribution in [-0.4, -0.2) is 22.0 Å². The van der Waals surface area contributed by atoms with Crippen molar-refractivity contribution >= 4 is 17.7 Å². The van der Waals surface area contributed by atoms with Gasteiger partial charge in [0.2, 0.25) is 5.91 Å². The smallest absolute Gasteiger partial charge is 0.307 e. The first-order valence-electron chi connectivity index (χ1n) is 6.96. The van der Waals surface area contributed by atoms with Crippen LogP contribution in [0.25, 0.3) is 0 Å². The van der Waals surface area contributed by atoms with E-state index in [1.54, 1.807) is 6.07 Å². The molecule has 1 aliphatic rings. The molecule has 0 saturated heterocycles. The lowest BCUT2D eigenvalue weighted by Gasteiger charge is -2.27. The number of nitrogens with zero attached hydrogens (tertiary/aromatic N) is 1. The highest BCUT2D eigenvalue weighted by atomic mass is 16.4. The zero-order valence-corrected chi connectivity index (χ0v) is 11.8. The Morgan fingerprint density at radius 2 is 1.85 bits per heavy atom. The molecule has 1 aliphatic carbocycles. The second kappa shape index (κ2) is 6.03. The Hall–Kier alpha value is -1.91. The second-order valence-electron chi connectivity index (χ2n) is 5.50. The third-order valence-electron chi connectivity index (χ3n) is 3.77. The number of carbonyl (C=O) groups is 2. The van der Waals surface area contributed by atoms with Gasteiger partial charge in [-0.25, -0.2) is 4.98 Å². The van der Waals surface area contributed by atoms with Gasteiger partial charge in [-0.2, -0.15) is 0 Å². The molecule has 5 nitrogen and oxygen atoms in total. The first-order valence-corrected chi connectivity index (χ1v) is 6.96. The Morgan fingerprint density at radius 1 is 1.20 bits per heavy atom. The Balaban J connectivity index is 2.11. The van der Waals surface area contributed by atoms with Gasteiger partial charge in [-0.15, -0.1) is 0 Å². The van der Waals surface area contributed by atoms with Gasteiger partial charge in [-0.05, 0) is 44.4 Å². The largest absolute Gasteiger partial charge is 0.481 e. The fourth-order valence-corrected chi connectivity index (χ4v) is 2.86. The number of amides is 1. The average Bonchev–Trinajstić information content (AvgIpc) is 2.37. The summed E-state index contributed by atoms with van der Waals surface area (Å²) in [5, 5.41) is 12.0. The lowest BCUT2D eigenvalue weighted by Crippen LogP contribution is -2.36. The maximum absolute atomic E-state index is 12.3. The van der Waals surface area contributed by atoms with E-state index in [4.69, 9.17) is 0 Å². The Labute approximate surface area is 118 Å². The number of hydrogen-bond donors (Lipinski definition) is 2. The summed E-state index contributed by atoms with van der Waals surface area (Å²) in [7, 11) is 0. The Bertz CT molecular complexity index is 508. The standard InChI is InChI=1S/C15H20N2O3/c1-9-7-10(2)16-13(8-9)17-14(18)11-5-3-4-6-12(11)15(19)20/h7-8,11-12H,3-6H2,1-2H3,(H,19,20)(H,16,17,18). The maximum atomic E-state index is 12.3. The number of aliphatic carboxylic acids is 1. The summed E-state index contributed by atoms with van der Waals surface area (Å²) in [4.78, 5) is 27.8. The predicted molar refractivity (Wildman–Crippen MR) is 75.4 cm³/mol. The minimum atomic E-state index is -0.877. The molecule has 2 atom stereocenters. The van der Waals surface area contributed by atoms with Gasteiger partial charge < -0.3 is 10.4 Å². The topological polar surface area (TPSA) is 79.3 Å². The van der Waals surface area contributed by atoms with Crippen molar-refractivity contribution in [2.24, 2.45) is 11.8 Å². The van der Waals surface area contributed by atoms with E-state index in [9.17, 15) is 14.7 Å². The van der Waals surface area contributed by atoms with Crippen LogP contribution in [0, 0.1) is 25.7 Å². The van der Waals surface area contributed by atoms with Crippen LogP contribution < -0.4 is 5.32 Å². The van der Waals surface area contributed by atoms with Crippen LogP contribution in [0.5, 0.6) is 0 Å². The molecule has 1 saturated carbocycles. The normalized spacial score (nSPS) is 22.3. The van der Waals surface area contributed by atoms with Crippen LogP contribution in [0.15, 0.2) is 12.1 Å². The molecule has 0 aliphatic heterocycles. The van der Waals surface area contributed by atoms with Crippen molar-refractivity contribution in [3.8, 4) is 0 Å². The van der Waals surface area contributed by atoms with E-state index < -0.39 is 17.8 Å². The van der Waals surface area contributed by atoms with E-state index >= 15 is 0 Å². The second-order valence-corrected chi connectivity index (χ2v) is 5.50. The van der Waals surface area contributed by atoms with E-state index in [0.717, 1.165) is 24.1 Å². The number of carboxylic acids is 1. The molecule has 1 amide bonds. The highest BCUT2D eigenvalue weighted by Gasteiger charge is 2.35. The van der Waals surface area contributed by atoms with Gasteiger partial charge in [0.1, 0.15) is 5.82 Å². The van der Waals surface area contributed by atoms with E-state index in [2.05, 4.69) is 10.3 Å². The summed E-state index contributed by atoms with van der Waals surface area (Å²) in [5.74, 6) is -1.63. The number of aryl methyl sites for hydroxylation is 2. The molecule has 1 heterocycles. The molecule has 1 aromatic rings. The third-order valence-corrected chi connectivity index (χ3v) is 3.77. The lowest BCUT2D eigenvalue weighted by molar-refractivity contribution is -0.147. The van der Waals surface area contributed by atoms with Crippen molar-refractivity contribution in [2.45, 2.75) is 39.5 Å². The average molecular weight is 276 g/mol. The SMILES string of the molecule is Cc1cc(C)nc(NC(=O)C2CCCCC2C(=O)O)c1. The number of aromatic nitrogens is 1. The van der Waals surface area contributed by atoms with Crippen molar-refractivity contribution < 1.29 is 14.7 Å². The minimum absolute atomic E-state index is 0.227. The van der Waals surface area contributed by atoms with Crippen molar-refractivity contribution in [1.82, 2.24) is 4.98 Å². The van der Waals surface area contributed by atoms with Crippen molar-refractivity contribution in [1.29, 1.82) is 0 Å². The molecule has 5 heteroatoms. The number of nitrogens with one attached hydrogen (secondary N) is 1. The highest BCUT2D eigenvalue weighted by Crippen LogP contribution is 2.31. The maximum Gasteiger partial charge on any atom is 0.307 e. The van der Waals surface area contributed by atoms with Crippen molar-refractivity contribution in [2.75, 3.05) is 5.32 Å². The number of anilines is 1. The fraction of sp³-hybridized carbons (Fsp3) is 0.533. The zero-order valence-electron chi connectivity index (χ0n) is 11.8. The summed E-state index contributed by atoms with van der Waals surface area (Å²) in [5.41, 5.74) is 1.85. The van der Waals surface area contributed by atoms with E-state index in [1.165, 1.54) is 0 Å². The van der Waals surface area contributed by atoms with Crippen molar-refractivity contribution in [3.63, 3.8) is 0 Å². The van der Waals surface area contributed by atoms with E-state index in [1.807, 2.05) is 19.9 Å². The zero-order chi connectivity index (χ0) is 14.7. The minimum Gasteiger partial charge on any atom is -0.481 e. The highest BCUT2D eigenvalue weighted by molar-refractivity contribution is 5.94. The molecule has 0 spiro atoms. The van der Waals surface area contributed by atoms with Gasteiger partial charge >= 0.3 is 5.97 Å². The van der Waals surface area contributed by atoms with Gasteiger partial charge in [0.05, 0.1) is 11.8 Å². The molecule has 1 aromatic heterocycles. The quantitative estimate of drug-likeness (QED) is 0.889. The van der Waals surface area contributed by atoms with Crippen LogP contribution in [-0.2, 0) is 9.59 Å². The number of hydrogen-bond acceptors (Lipinski definition) is 3. The third kappa shape index (κ3) is 3.35. The molecule has 0 radical (unpaired) electrons. The van der Waals surface area contributed by atoms with Gasteiger partial charge in [-0.1, -0.05) is 12.8 Å². The molecular formula is C15H20N2O3. The van der Waals surface area contributed by atoms with Crippen LogP contribution in [0.1, 0.15) is 36.9 Å².